The molecule has 3 aromatic heterocycles. The fraction of sp³-hybridized carbons (Fsp3) is 0.208. The quantitative estimate of drug-likeness (QED) is 0.514. The second-order valence-electron chi connectivity index (χ2n) is 7.68. The summed E-state index contributed by atoms with van der Waals surface area (Å²) in [4.78, 5) is 33.5. The Morgan fingerprint density at radius 3 is 2.71 bits per heavy atom. The van der Waals surface area contributed by atoms with E-state index in [4.69, 9.17) is 4.98 Å². The van der Waals surface area contributed by atoms with Gasteiger partial charge in [0.1, 0.15) is 23.2 Å². The van der Waals surface area contributed by atoms with Gasteiger partial charge in [-0.05, 0) is 42.8 Å². The van der Waals surface area contributed by atoms with Crippen LogP contribution in [0.5, 0.6) is 0 Å². The van der Waals surface area contributed by atoms with E-state index in [1.54, 1.807) is 11.0 Å². The van der Waals surface area contributed by atoms with Crippen molar-refractivity contribution in [2.24, 2.45) is 0 Å². The number of fused-ring (bicyclic) bond motifs is 1. The molecule has 1 aromatic carbocycles. The molecule has 0 radical (unpaired) electrons. The van der Waals surface area contributed by atoms with Crippen LogP contribution < -0.4 is 5.32 Å². The minimum Gasteiger partial charge on any atom is -0.326 e. The number of imidazole rings is 1. The largest absolute Gasteiger partial charge is 0.326 e. The summed E-state index contributed by atoms with van der Waals surface area (Å²) in [5.74, 6) is 0.373. The Bertz CT molecular complexity index is 1250. The van der Waals surface area contributed by atoms with Crippen molar-refractivity contribution in [2.75, 3.05) is 11.9 Å². The predicted molar refractivity (Wildman–Crippen MR) is 122 cm³/mol. The normalized spacial score (nSPS) is 16.0. The van der Waals surface area contributed by atoms with E-state index >= 15 is 0 Å². The Labute approximate surface area is 184 Å². The molecule has 156 valence electrons. The van der Waals surface area contributed by atoms with Crippen LogP contribution in [0.15, 0.2) is 66.2 Å². The summed E-state index contributed by atoms with van der Waals surface area (Å²) in [5, 5.41) is 4.98. The highest BCUT2D eigenvalue weighted by molar-refractivity contribution is 7.12. The molecule has 6 nitrogen and oxygen atoms in total. The molecule has 0 spiro atoms. The fourth-order valence-corrected chi connectivity index (χ4v) is 4.82. The van der Waals surface area contributed by atoms with Crippen LogP contribution in [-0.2, 0) is 4.79 Å². The first kappa shape index (κ1) is 19.5. The van der Waals surface area contributed by atoms with Crippen molar-refractivity contribution < 1.29 is 9.59 Å². The monoisotopic (exact) mass is 430 g/mol. The molecule has 0 saturated carbocycles. The molecule has 0 bridgehead atoms. The Kier molecular flexibility index (Phi) is 5.03. The van der Waals surface area contributed by atoms with Gasteiger partial charge in [-0.2, -0.15) is 0 Å². The van der Waals surface area contributed by atoms with Crippen molar-refractivity contribution >= 4 is 34.6 Å². The summed E-state index contributed by atoms with van der Waals surface area (Å²) >= 11 is 1.40. The molecule has 0 aliphatic carbocycles. The maximum Gasteiger partial charge on any atom is 0.264 e. The summed E-state index contributed by atoms with van der Waals surface area (Å²) in [6.07, 6.45) is 3.37. The van der Waals surface area contributed by atoms with Crippen LogP contribution >= 0.6 is 11.3 Å². The number of aromatic nitrogens is 2. The third-order valence-corrected chi connectivity index (χ3v) is 6.54. The van der Waals surface area contributed by atoms with Crippen molar-refractivity contribution in [1.29, 1.82) is 0 Å². The number of anilines is 1. The zero-order valence-corrected chi connectivity index (χ0v) is 17.9. The summed E-state index contributed by atoms with van der Waals surface area (Å²) in [7, 11) is 0. The third-order valence-electron chi connectivity index (χ3n) is 5.68. The van der Waals surface area contributed by atoms with Crippen LogP contribution in [-0.4, -0.2) is 38.7 Å². The molecule has 4 heterocycles. The molecular formula is C24H22N4O2S. The minimum atomic E-state index is -0.492. The first-order valence-corrected chi connectivity index (χ1v) is 11.2. The van der Waals surface area contributed by atoms with Gasteiger partial charge in [0.05, 0.1) is 4.88 Å². The SMILES string of the molecule is Cc1cccn2c(NC(=O)[C@H]3CCCN3C(=O)c3cccs3)c(-c3ccccc3)nc12. The number of benzene rings is 1. The molecule has 7 heteroatoms. The second kappa shape index (κ2) is 8.00. The van der Waals surface area contributed by atoms with Crippen LogP contribution in [0.2, 0.25) is 0 Å². The lowest BCUT2D eigenvalue weighted by Gasteiger charge is -2.23. The standard InChI is InChI=1S/C24H22N4O2S/c1-16-8-5-14-28-21(16)25-20(17-9-3-2-4-10-17)22(28)26-23(29)18-11-6-13-27(18)24(30)19-12-7-15-31-19/h2-5,7-10,12,14-15,18H,6,11,13H2,1H3,(H,26,29)/t18-/m1/s1. The van der Waals surface area contributed by atoms with Gasteiger partial charge in [0.2, 0.25) is 5.91 Å². The van der Waals surface area contributed by atoms with Gasteiger partial charge in [0.25, 0.3) is 5.91 Å². The highest BCUT2D eigenvalue weighted by atomic mass is 32.1. The van der Waals surface area contributed by atoms with E-state index in [1.807, 2.05) is 71.4 Å². The molecule has 1 aliphatic heterocycles. The summed E-state index contributed by atoms with van der Waals surface area (Å²) in [6, 6.07) is 16.9. The number of carbonyl (C=O) groups excluding carboxylic acids is 2. The first-order valence-electron chi connectivity index (χ1n) is 10.3. The van der Waals surface area contributed by atoms with E-state index in [1.165, 1.54) is 11.3 Å². The molecular weight excluding hydrogens is 408 g/mol. The highest BCUT2D eigenvalue weighted by Crippen LogP contribution is 2.31. The van der Waals surface area contributed by atoms with Gasteiger partial charge in [-0.15, -0.1) is 11.3 Å². The van der Waals surface area contributed by atoms with Gasteiger partial charge < -0.3 is 10.2 Å². The molecule has 0 unspecified atom stereocenters. The van der Waals surface area contributed by atoms with Crippen molar-refractivity contribution in [3.8, 4) is 11.3 Å². The number of thiophene rings is 1. The zero-order valence-electron chi connectivity index (χ0n) is 17.1. The van der Waals surface area contributed by atoms with E-state index < -0.39 is 6.04 Å². The Hall–Kier alpha value is -3.45. The van der Waals surface area contributed by atoms with Gasteiger partial charge in [0.15, 0.2) is 0 Å². The lowest BCUT2D eigenvalue weighted by atomic mass is 10.1. The second-order valence-corrected chi connectivity index (χ2v) is 8.63. The summed E-state index contributed by atoms with van der Waals surface area (Å²) < 4.78 is 1.91. The number of hydrogen-bond acceptors (Lipinski definition) is 4. The fourth-order valence-electron chi connectivity index (χ4n) is 4.14. The maximum absolute atomic E-state index is 13.4. The molecule has 4 aromatic rings. The van der Waals surface area contributed by atoms with Crippen molar-refractivity contribution in [2.45, 2.75) is 25.8 Å². The predicted octanol–water partition coefficient (Wildman–Crippen LogP) is 4.61. The number of nitrogens with zero attached hydrogens (tertiary/aromatic N) is 3. The highest BCUT2D eigenvalue weighted by Gasteiger charge is 2.35. The molecule has 2 amide bonds. The molecule has 1 N–H and O–H groups in total. The van der Waals surface area contributed by atoms with Gasteiger partial charge in [-0.1, -0.05) is 42.5 Å². The van der Waals surface area contributed by atoms with Gasteiger partial charge in [-0.25, -0.2) is 4.98 Å². The molecule has 31 heavy (non-hydrogen) atoms. The number of rotatable bonds is 4. The topological polar surface area (TPSA) is 66.7 Å². The molecule has 1 aliphatic rings. The van der Waals surface area contributed by atoms with Crippen molar-refractivity contribution in [1.82, 2.24) is 14.3 Å². The molecule has 1 fully saturated rings. The zero-order chi connectivity index (χ0) is 21.4. The van der Waals surface area contributed by atoms with Gasteiger partial charge >= 0.3 is 0 Å². The van der Waals surface area contributed by atoms with Gasteiger partial charge in [-0.3, -0.25) is 14.0 Å². The van der Waals surface area contributed by atoms with Gasteiger partial charge in [0, 0.05) is 18.3 Å². The van der Waals surface area contributed by atoms with E-state index in [9.17, 15) is 9.59 Å². The van der Waals surface area contributed by atoms with Crippen LogP contribution in [0.3, 0.4) is 0 Å². The summed E-state index contributed by atoms with van der Waals surface area (Å²) in [5.41, 5.74) is 3.47. The lowest BCUT2D eigenvalue weighted by Crippen LogP contribution is -2.43. The number of carbonyl (C=O) groups is 2. The number of amides is 2. The lowest BCUT2D eigenvalue weighted by molar-refractivity contribution is -0.119. The van der Waals surface area contributed by atoms with Crippen LogP contribution in [0.1, 0.15) is 28.1 Å². The number of pyridine rings is 1. The van der Waals surface area contributed by atoms with E-state index in [0.717, 1.165) is 28.9 Å². The number of hydrogen-bond donors (Lipinski definition) is 1. The van der Waals surface area contributed by atoms with Crippen LogP contribution in [0, 0.1) is 6.92 Å². The molecule has 1 atom stereocenters. The number of nitrogens with one attached hydrogen (secondary N) is 1. The van der Waals surface area contributed by atoms with Crippen LogP contribution in [0.25, 0.3) is 16.9 Å². The van der Waals surface area contributed by atoms with E-state index in [0.29, 0.717) is 23.7 Å². The third kappa shape index (κ3) is 3.51. The molecule has 1 saturated heterocycles. The van der Waals surface area contributed by atoms with E-state index in [-0.39, 0.29) is 11.8 Å². The number of likely N-dealkylation sites (tertiary alicyclic amines) is 1. The van der Waals surface area contributed by atoms with Crippen LogP contribution in [0.4, 0.5) is 5.82 Å². The average Bonchev–Trinajstić information content (AvgIpc) is 3.55. The van der Waals surface area contributed by atoms with Crippen molar-refractivity contribution in [3.63, 3.8) is 0 Å². The number of aryl methyl sites for hydroxylation is 1. The molecule has 5 rings (SSSR count). The average molecular weight is 431 g/mol. The van der Waals surface area contributed by atoms with Crippen molar-refractivity contribution in [3.05, 3.63) is 76.6 Å². The maximum atomic E-state index is 13.4. The Morgan fingerprint density at radius 2 is 1.94 bits per heavy atom. The van der Waals surface area contributed by atoms with E-state index in [2.05, 4.69) is 5.32 Å². The summed E-state index contributed by atoms with van der Waals surface area (Å²) in [6.45, 7) is 2.59. The Balaban J connectivity index is 1.50. The minimum absolute atomic E-state index is 0.0788. The first-order chi connectivity index (χ1) is 15.1. The Morgan fingerprint density at radius 1 is 1.10 bits per heavy atom. The smallest absolute Gasteiger partial charge is 0.264 e.